The number of nitrogens with zero attached hydrogens (tertiary/aromatic N) is 6. The predicted molar refractivity (Wildman–Crippen MR) is 147 cm³/mol. The fourth-order valence-electron chi connectivity index (χ4n) is 4.51. The second kappa shape index (κ2) is 9.67. The van der Waals surface area contributed by atoms with Gasteiger partial charge < -0.3 is 9.88 Å². The van der Waals surface area contributed by atoms with Crippen molar-refractivity contribution in [2.45, 2.75) is 32.0 Å². The van der Waals surface area contributed by atoms with Gasteiger partial charge in [-0.05, 0) is 55.8 Å². The topological polar surface area (TPSA) is 90.0 Å². The highest BCUT2D eigenvalue weighted by Gasteiger charge is 2.16. The quantitative estimate of drug-likeness (QED) is 0.235. The smallest absolute Gasteiger partial charge is 0.234 e. The van der Waals surface area contributed by atoms with Gasteiger partial charge >= 0.3 is 0 Å². The molecule has 0 unspecified atom stereocenters. The number of amides is 1. The third-order valence-corrected chi connectivity index (χ3v) is 7.16. The zero-order valence-corrected chi connectivity index (χ0v) is 21.4. The van der Waals surface area contributed by atoms with Crippen LogP contribution in [0.3, 0.4) is 0 Å². The van der Waals surface area contributed by atoms with Gasteiger partial charge in [-0.2, -0.15) is 4.52 Å². The molecule has 6 aromatic rings. The Morgan fingerprint density at radius 2 is 1.73 bits per heavy atom. The second-order valence-electron chi connectivity index (χ2n) is 8.93. The van der Waals surface area contributed by atoms with E-state index < -0.39 is 0 Å². The summed E-state index contributed by atoms with van der Waals surface area (Å²) in [6.45, 7) is 4.74. The van der Waals surface area contributed by atoms with Crippen LogP contribution >= 0.6 is 11.8 Å². The number of para-hydroxylation sites is 3. The molecule has 8 nitrogen and oxygen atoms in total. The van der Waals surface area contributed by atoms with Crippen molar-refractivity contribution in [2.75, 3.05) is 11.1 Å². The molecule has 0 saturated heterocycles. The second-order valence-corrected chi connectivity index (χ2v) is 9.87. The molecular formula is C28H25N7OS. The maximum Gasteiger partial charge on any atom is 0.234 e. The Balaban J connectivity index is 1.27. The fraction of sp³-hybridized carbons (Fsp3) is 0.179. The fourth-order valence-corrected chi connectivity index (χ4v) is 5.26. The van der Waals surface area contributed by atoms with Crippen molar-refractivity contribution in [1.82, 2.24) is 29.1 Å². The van der Waals surface area contributed by atoms with Crippen LogP contribution in [0.5, 0.6) is 0 Å². The first-order valence-corrected chi connectivity index (χ1v) is 13.1. The number of imidazole rings is 1. The molecule has 9 heteroatoms. The number of aryl methyl sites for hydroxylation is 4. The maximum atomic E-state index is 12.7. The maximum absolute atomic E-state index is 12.7. The monoisotopic (exact) mass is 507 g/mol. The van der Waals surface area contributed by atoms with Gasteiger partial charge in [0.2, 0.25) is 5.91 Å². The lowest BCUT2D eigenvalue weighted by Crippen LogP contribution is -2.14. The molecule has 1 N–H and O–H groups in total. The van der Waals surface area contributed by atoms with Crippen molar-refractivity contribution in [3.8, 4) is 0 Å². The first-order valence-electron chi connectivity index (χ1n) is 12.1. The van der Waals surface area contributed by atoms with Gasteiger partial charge in [-0.15, -0.1) is 5.10 Å². The van der Waals surface area contributed by atoms with Crippen LogP contribution < -0.4 is 5.32 Å². The third kappa shape index (κ3) is 4.65. The van der Waals surface area contributed by atoms with Gasteiger partial charge in [0.1, 0.15) is 5.82 Å². The molecule has 0 spiro atoms. The molecule has 184 valence electrons. The molecule has 0 fully saturated rings. The standard InChI is InChI=1S/C28H25N7OS/c1-18-8-7-9-20(16-18)30-26(36)17-37-28-31-22-11-4-3-10-21(22)27-32-25(33-35(27)28)14-15-34-19(2)29-23-12-5-6-13-24(23)34/h3-13,16H,14-15,17H2,1-2H3,(H,30,36). The van der Waals surface area contributed by atoms with Gasteiger partial charge in [-0.1, -0.05) is 48.2 Å². The number of benzene rings is 3. The van der Waals surface area contributed by atoms with Crippen LogP contribution in [0.1, 0.15) is 17.2 Å². The average Bonchev–Trinajstić information content (AvgIpc) is 3.46. The molecule has 6 rings (SSSR count). The van der Waals surface area contributed by atoms with Crippen LogP contribution in [-0.4, -0.2) is 40.8 Å². The van der Waals surface area contributed by atoms with Crippen LogP contribution in [0.2, 0.25) is 0 Å². The largest absolute Gasteiger partial charge is 0.328 e. The number of anilines is 1. The molecule has 0 atom stereocenters. The third-order valence-electron chi connectivity index (χ3n) is 6.23. The first kappa shape index (κ1) is 23.2. The summed E-state index contributed by atoms with van der Waals surface area (Å²) in [4.78, 5) is 27.0. The van der Waals surface area contributed by atoms with Crippen LogP contribution in [0.25, 0.3) is 27.6 Å². The minimum Gasteiger partial charge on any atom is -0.328 e. The van der Waals surface area contributed by atoms with E-state index in [1.54, 1.807) is 4.52 Å². The van der Waals surface area contributed by atoms with Crippen LogP contribution in [0.4, 0.5) is 5.69 Å². The first-order chi connectivity index (χ1) is 18.0. The van der Waals surface area contributed by atoms with Crippen molar-refractivity contribution < 1.29 is 4.79 Å². The minimum absolute atomic E-state index is 0.0958. The number of nitrogens with one attached hydrogen (secondary N) is 1. The number of carbonyl (C=O) groups excluding carboxylic acids is 1. The minimum atomic E-state index is -0.0958. The number of hydrogen-bond donors (Lipinski definition) is 1. The van der Waals surface area contributed by atoms with Crippen LogP contribution in [0, 0.1) is 13.8 Å². The van der Waals surface area contributed by atoms with E-state index in [1.165, 1.54) is 11.8 Å². The van der Waals surface area contributed by atoms with Crippen LogP contribution in [0.15, 0.2) is 78.0 Å². The van der Waals surface area contributed by atoms with Gasteiger partial charge in [0.25, 0.3) is 0 Å². The molecular weight excluding hydrogens is 482 g/mol. The summed E-state index contributed by atoms with van der Waals surface area (Å²) in [7, 11) is 0. The zero-order chi connectivity index (χ0) is 25.4. The van der Waals surface area contributed by atoms with Crippen LogP contribution in [-0.2, 0) is 17.8 Å². The SMILES string of the molecule is Cc1cccc(NC(=O)CSc2nc3ccccc3c3nc(CCn4c(C)nc5ccccc54)nn23)c1. The van der Waals surface area contributed by atoms with Crippen molar-refractivity contribution >= 4 is 50.9 Å². The van der Waals surface area contributed by atoms with Gasteiger partial charge in [-0.3, -0.25) is 4.79 Å². The highest BCUT2D eigenvalue weighted by Crippen LogP contribution is 2.25. The molecule has 3 aromatic heterocycles. The molecule has 0 aliphatic carbocycles. The number of carbonyl (C=O) groups is 1. The summed E-state index contributed by atoms with van der Waals surface area (Å²) >= 11 is 1.35. The Labute approximate surface area is 217 Å². The number of fused-ring (bicyclic) bond motifs is 4. The molecule has 3 aromatic carbocycles. The number of aromatic nitrogens is 6. The highest BCUT2D eigenvalue weighted by atomic mass is 32.2. The molecule has 0 bridgehead atoms. The van der Waals surface area contributed by atoms with Crippen molar-refractivity contribution in [3.63, 3.8) is 0 Å². The normalized spacial score (nSPS) is 11.5. The van der Waals surface area contributed by atoms with E-state index in [4.69, 9.17) is 15.1 Å². The van der Waals surface area contributed by atoms with Gasteiger partial charge in [0, 0.05) is 24.0 Å². The van der Waals surface area contributed by atoms with Crippen molar-refractivity contribution in [3.05, 3.63) is 90.0 Å². The van der Waals surface area contributed by atoms with Gasteiger partial charge in [0.15, 0.2) is 16.6 Å². The van der Waals surface area contributed by atoms with E-state index in [1.807, 2.05) is 80.6 Å². The van der Waals surface area contributed by atoms with E-state index in [9.17, 15) is 4.79 Å². The summed E-state index contributed by atoms with van der Waals surface area (Å²) in [5.41, 5.74) is 5.54. The predicted octanol–water partition coefficient (Wildman–Crippen LogP) is 5.22. The number of rotatable bonds is 7. The average molecular weight is 508 g/mol. The van der Waals surface area contributed by atoms with Gasteiger partial charge in [-0.25, -0.2) is 15.0 Å². The van der Waals surface area contributed by atoms with Crippen molar-refractivity contribution in [1.29, 1.82) is 0 Å². The lowest BCUT2D eigenvalue weighted by molar-refractivity contribution is -0.113. The van der Waals surface area contributed by atoms with E-state index in [2.05, 4.69) is 20.9 Å². The highest BCUT2D eigenvalue weighted by molar-refractivity contribution is 7.99. The zero-order valence-electron chi connectivity index (χ0n) is 20.5. The Hall–Kier alpha value is -4.24. The van der Waals surface area contributed by atoms with E-state index in [0.717, 1.165) is 57.0 Å². The van der Waals surface area contributed by atoms with Gasteiger partial charge in [0.05, 0.1) is 22.3 Å². The van der Waals surface area contributed by atoms with E-state index in [-0.39, 0.29) is 11.7 Å². The Morgan fingerprint density at radius 1 is 0.919 bits per heavy atom. The van der Waals surface area contributed by atoms with Crippen molar-refractivity contribution in [2.24, 2.45) is 0 Å². The summed E-state index contributed by atoms with van der Waals surface area (Å²) < 4.78 is 3.96. The molecule has 0 aliphatic rings. The van der Waals surface area contributed by atoms with E-state index in [0.29, 0.717) is 11.6 Å². The Bertz CT molecular complexity index is 1770. The summed E-state index contributed by atoms with van der Waals surface area (Å²) in [5.74, 6) is 1.81. The molecule has 1 amide bonds. The molecule has 3 heterocycles. The summed E-state index contributed by atoms with van der Waals surface area (Å²) in [6, 6.07) is 23.8. The van der Waals surface area contributed by atoms with E-state index >= 15 is 0 Å². The molecule has 0 radical (unpaired) electrons. The Morgan fingerprint density at radius 3 is 2.59 bits per heavy atom. The number of thioether (sulfide) groups is 1. The molecule has 37 heavy (non-hydrogen) atoms. The Kier molecular flexibility index (Phi) is 6.05. The lowest BCUT2D eigenvalue weighted by atomic mass is 10.2. The summed E-state index contributed by atoms with van der Waals surface area (Å²) in [6.07, 6.45) is 0.648. The summed E-state index contributed by atoms with van der Waals surface area (Å²) in [5, 5.41) is 9.32. The lowest BCUT2D eigenvalue weighted by Gasteiger charge is -2.07. The molecule has 0 saturated carbocycles. The number of hydrogen-bond acceptors (Lipinski definition) is 6. The molecule has 0 aliphatic heterocycles.